The molecule has 0 bridgehead atoms. The molecule has 80 valence electrons. The van der Waals surface area contributed by atoms with Crippen LogP contribution >= 0.6 is 11.6 Å². The molecule has 0 radical (unpaired) electrons. The van der Waals surface area contributed by atoms with Crippen molar-refractivity contribution in [3.63, 3.8) is 0 Å². The van der Waals surface area contributed by atoms with Crippen LogP contribution in [0, 0.1) is 11.8 Å². The lowest BCUT2D eigenvalue weighted by Crippen LogP contribution is -2.36. The predicted octanol–water partition coefficient (Wildman–Crippen LogP) is 2.75. The molecule has 0 saturated carbocycles. The summed E-state index contributed by atoms with van der Waals surface area (Å²) in [5.41, 5.74) is 2.92. The summed E-state index contributed by atoms with van der Waals surface area (Å²) in [6.07, 6.45) is 2.29. The van der Waals surface area contributed by atoms with Crippen LogP contribution in [-0.2, 0) is 4.84 Å². The molecule has 4 heteroatoms. The molecule has 1 aliphatic carbocycles. The van der Waals surface area contributed by atoms with Gasteiger partial charge in [0.05, 0.1) is 11.6 Å². The van der Waals surface area contributed by atoms with Gasteiger partial charge in [-0.05, 0) is 18.8 Å². The molecule has 0 aromatic carbocycles. The van der Waals surface area contributed by atoms with Crippen molar-refractivity contribution in [1.29, 1.82) is 0 Å². The summed E-state index contributed by atoms with van der Waals surface area (Å²) < 4.78 is 13.3. The predicted molar refractivity (Wildman–Crippen MR) is 53.4 cm³/mol. The monoisotopic (exact) mass is 219 g/mol. The van der Waals surface area contributed by atoms with Crippen molar-refractivity contribution < 1.29 is 9.23 Å². The van der Waals surface area contributed by atoms with Crippen molar-refractivity contribution in [2.45, 2.75) is 32.2 Å². The van der Waals surface area contributed by atoms with Crippen LogP contribution in [0.1, 0.15) is 26.2 Å². The Balaban J connectivity index is 2.17. The largest absolute Gasteiger partial charge is 0.301 e. The second-order valence-corrected chi connectivity index (χ2v) is 4.56. The summed E-state index contributed by atoms with van der Waals surface area (Å²) in [6.45, 7) is 2.82. The molecule has 0 aromatic heterocycles. The summed E-state index contributed by atoms with van der Waals surface area (Å²) in [6, 6.07) is 0.184. The molecule has 1 fully saturated rings. The van der Waals surface area contributed by atoms with Crippen molar-refractivity contribution in [3.05, 3.63) is 10.9 Å². The molecule has 0 aromatic rings. The third-order valence-corrected chi connectivity index (χ3v) is 3.64. The van der Waals surface area contributed by atoms with Gasteiger partial charge < -0.3 is 4.84 Å². The highest BCUT2D eigenvalue weighted by molar-refractivity contribution is 6.30. The van der Waals surface area contributed by atoms with Crippen LogP contribution in [0.25, 0.3) is 0 Å². The molecule has 14 heavy (non-hydrogen) atoms. The van der Waals surface area contributed by atoms with Gasteiger partial charge in [-0.25, -0.2) is 4.39 Å². The van der Waals surface area contributed by atoms with Gasteiger partial charge in [0.2, 0.25) is 0 Å². The van der Waals surface area contributed by atoms with Crippen LogP contribution in [0.5, 0.6) is 0 Å². The van der Waals surface area contributed by atoms with E-state index in [0.29, 0.717) is 24.0 Å². The van der Waals surface area contributed by atoms with Gasteiger partial charge in [-0.1, -0.05) is 18.5 Å². The SMILES string of the molecule is CC1CCC(F)=C(Cl)C1[C@H]1CCON1. The number of halogens is 2. The van der Waals surface area contributed by atoms with E-state index in [1.165, 1.54) is 0 Å². The zero-order chi connectivity index (χ0) is 10.1. The zero-order valence-corrected chi connectivity index (χ0v) is 8.98. The first-order valence-electron chi connectivity index (χ1n) is 5.11. The molecule has 2 nitrogen and oxygen atoms in total. The van der Waals surface area contributed by atoms with Crippen molar-refractivity contribution in [1.82, 2.24) is 5.48 Å². The number of hydroxylamine groups is 1. The number of allylic oxidation sites excluding steroid dienone is 1. The van der Waals surface area contributed by atoms with Gasteiger partial charge in [-0.3, -0.25) is 0 Å². The van der Waals surface area contributed by atoms with E-state index >= 15 is 0 Å². The molecule has 2 unspecified atom stereocenters. The van der Waals surface area contributed by atoms with Crippen molar-refractivity contribution in [2.24, 2.45) is 11.8 Å². The number of rotatable bonds is 1. The van der Waals surface area contributed by atoms with Crippen LogP contribution in [-0.4, -0.2) is 12.6 Å². The minimum absolute atomic E-state index is 0.0907. The smallest absolute Gasteiger partial charge is 0.115 e. The maximum atomic E-state index is 13.3. The van der Waals surface area contributed by atoms with Gasteiger partial charge in [-0.15, -0.1) is 0 Å². The normalized spacial score (nSPS) is 39.2. The van der Waals surface area contributed by atoms with E-state index in [9.17, 15) is 4.39 Å². The minimum atomic E-state index is -0.136. The molecular weight excluding hydrogens is 205 g/mol. The van der Waals surface area contributed by atoms with E-state index in [1.807, 2.05) is 0 Å². The highest BCUT2D eigenvalue weighted by Crippen LogP contribution is 2.40. The van der Waals surface area contributed by atoms with Crippen molar-refractivity contribution >= 4 is 11.6 Å². The lowest BCUT2D eigenvalue weighted by atomic mass is 9.79. The first kappa shape index (κ1) is 10.4. The van der Waals surface area contributed by atoms with Gasteiger partial charge in [-0.2, -0.15) is 5.48 Å². The Bertz CT molecular complexity index is 251. The van der Waals surface area contributed by atoms with Crippen LogP contribution in [0.4, 0.5) is 4.39 Å². The molecule has 0 spiro atoms. The van der Waals surface area contributed by atoms with E-state index in [1.54, 1.807) is 0 Å². The summed E-state index contributed by atoms with van der Waals surface area (Å²) >= 11 is 6.02. The minimum Gasteiger partial charge on any atom is -0.301 e. The van der Waals surface area contributed by atoms with Crippen LogP contribution in [0.2, 0.25) is 0 Å². The molecule has 3 atom stereocenters. The standard InChI is InChI=1S/C10H15ClFNO/c1-6-2-3-7(12)10(11)9(6)8-4-5-14-13-8/h6,8-9,13H,2-5H2,1H3/t6?,8-,9?/m1/s1. The fourth-order valence-electron chi connectivity index (χ4n) is 2.32. The van der Waals surface area contributed by atoms with Crippen LogP contribution < -0.4 is 5.48 Å². The molecule has 2 rings (SSSR count). The highest BCUT2D eigenvalue weighted by Gasteiger charge is 2.36. The van der Waals surface area contributed by atoms with Gasteiger partial charge in [0.1, 0.15) is 5.83 Å². The second-order valence-electron chi connectivity index (χ2n) is 4.16. The molecule has 1 heterocycles. The second kappa shape index (κ2) is 4.17. The first-order valence-corrected chi connectivity index (χ1v) is 5.49. The number of nitrogens with one attached hydrogen (secondary N) is 1. The summed E-state index contributed by atoms with van der Waals surface area (Å²) in [7, 11) is 0. The third kappa shape index (κ3) is 1.81. The maximum Gasteiger partial charge on any atom is 0.115 e. The number of hydrogen-bond acceptors (Lipinski definition) is 2. The Labute approximate surface area is 88.4 Å². The van der Waals surface area contributed by atoms with E-state index in [-0.39, 0.29) is 17.8 Å². The topological polar surface area (TPSA) is 21.3 Å². The first-order chi connectivity index (χ1) is 6.70. The fourth-order valence-corrected chi connectivity index (χ4v) is 2.78. The van der Waals surface area contributed by atoms with Crippen molar-refractivity contribution in [2.75, 3.05) is 6.61 Å². The van der Waals surface area contributed by atoms with Gasteiger partial charge in [0, 0.05) is 18.4 Å². The van der Waals surface area contributed by atoms with Crippen molar-refractivity contribution in [3.8, 4) is 0 Å². The Morgan fingerprint density at radius 3 is 2.93 bits per heavy atom. The Hall–Kier alpha value is -0.120. The summed E-state index contributed by atoms with van der Waals surface area (Å²) in [5, 5.41) is 0.409. The third-order valence-electron chi connectivity index (χ3n) is 3.18. The number of hydrogen-bond donors (Lipinski definition) is 1. The quantitative estimate of drug-likeness (QED) is 0.732. The highest BCUT2D eigenvalue weighted by atomic mass is 35.5. The summed E-state index contributed by atoms with van der Waals surface area (Å²) in [5.74, 6) is 0.387. The Morgan fingerprint density at radius 1 is 1.50 bits per heavy atom. The maximum absolute atomic E-state index is 13.3. The molecule has 2 aliphatic rings. The molecule has 1 aliphatic heterocycles. The summed E-state index contributed by atoms with van der Waals surface area (Å²) in [4.78, 5) is 5.09. The molecule has 0 amide bonds. The fraction of sp³-hybridized carbons (Fsp3) is 0.800. The van der Waals surface area contributed by atoms with E-state index in [2.05, 4.69) is 12.4 Å². The molecule has 1 N–H and O–H groups in total. The van der Waals surface area contributed by atoms with Crippen LogP contribution in [0.15, 0.2) is 10.9 Å². The Morgan fingerprint density at radius 2 is 2.29 bits per heavy atom. The lowest BCUT2D eigenvalue weighted by molar-refractivity contribution is 0.0741. The Kier molecular flexibility index (Phi) is 3.10. The lowest BCUT2D eigenvalue weighted by Gasteiger charge is -2.31. The zero-order valence-electron chi connectivity index (χ0n) is 8.22. The van der Waals surface area contributed by atoms with E-state index in [0.717, 1.165) is 12.8 Å². The molecular formula is C10H15ClFNO. The van der Waals surface area contributed by atoms with Gasteiger partial charge >= 0.3 is 0 Å². The van der Waals surface area contributed by atoms with Gasteiger partial charge in [0.15, 0.2) is 0 Å². The average Bonchev–Trinajstić information content (AvgIpc) is 2.65. The van der Waals surface area contributed by atoms with E-state index in [4.69, 9.17) is 16.4 Å². The van der Waals surface area contributed by atoms with E-state index < -0.39 is 0 Å². The molecule has 1 saturated heterocycles. The van der Waals surface area contributed by atoms with Gasteiger partial charge in [0.25, 0.3) is 0 Å². The average molecular weight is 220 g/mol. The van der Waals surface area contributed by atoms with Crippen LogP contribution in [0.3, 0.4) is 0 Å².